The monoisotopic (exact) mass is 240 g/mol. The Hall–Kier alpha value is -2.12. The second kappa shape index (κ2) is 5.99. The van der Waals surface area contributed by atoms with Crippen molar-refractivity contribution in [1.29, 1.82) is 0 Å². The van der Waals surface area contributed by atoms with Crippen molar-refractivity contribution in [3.63, 3.8) is 0 Å². The highest BCUT2D eigenvalue weighted by Crippen LogP contribution is 2.07. The van der Waals surface area contributed by atoms with Crippen LogP contribution in [0.1, 0.15) is 25.5 Å². The topological polar surface area (TPSA) is 56.7 Å². The Balaban J connectivity index is 2.24. The maximum atomic E-state index is 5.87. The number of aromatic nitrogens is 3. The molecular formula is C14H16N4. The first-order chi connectivity index (χ1) is 8.81. The number of rotatable bonds is 3. The van der Waals surface area contributed by atoms with Gasteiger partial charge in [-0.05, 0) is 24.5 Å². The maximum absolute atomic E-state index is 5.87. The number of hydrogen-bond donors (Lipinski definition) is 1. The fraction of sp³-hybridized carbons (Fsp3) is 0.286. The molecule has 2 aromatic rings. The fourth-order valence-electron chi connectivity index (χ4n) is 1.63. The van der Waals surface area contributed by atoms with E-state index in [-0.39, 0.29) is 6.04 Å². The van der Waals surface area contributed by atoms with Gasteiger partial charge >= 0.3 is 0 Å². The van der Waals surface area contributed by atoms with Crippen LogP contribution >= 0.6 is 0 Å². The molecule has 18 heavy (non-hydrogen) atoms. The molecule has 0 aliphatic rings. The summed E-state index contributed by atoms with van der Waals surface area (Å²) in [5.74, 6) is 6.06. The molecule has 1 heterocycles. The molecule has 0 spiro atoms. The fourth-order valence-corrected chi connectivity index (χ4v) is 1.63. The van der Waals surface area contributed by atoms with Crippen LogP contribution in [0.3, 0.4) is 0 Å². The van der Waals surface area contributed by atoms with Crippen molar-refractivity contribution < 1.29 is 0 Å². The van der Waals surface area contributed by atoms with Crippen LogP contribution in [0, 0.1) is 11.8 Å². The highest BCUT2D eigenvalue weighted by atomic mass is 15.4. The Bertz CT molecular complexity index is 548. The molecule has 0 aliphatic carbocycles. The maximum Gasteiger partial charge on any atom is 0.137 e. The minimum absolute atomic E-state index is 0.0888. The van der Waals surface area contributed by atoms with Crippen LogP contribution in [0.4, 0.5) is 0 Å². The lowest BCUT2D eigenvalue weighted by molar-refractivity contribution is 0.720. The van der Waals surface area contributed by atoms with Gasteiger partial charge in [0.2, 0.25) is 0 Å². The SMILES string of the molecule is CCCC(N)C#Cc1cnnn1-c1ccccc1. The van der Waals surface area contributed by atoms with Crippen LogP contribution in [0.25, 0.3) is 5.69 Å². The molecule has 0 saturated heterocycles. The van der Waals surface area contributed by atoms with E-state index in [1.165, 1.54) is 0 Å². The first-order valence-corrected chi connectivity index (χ1v) is 6.04. The number of hydrogen-bond acceptors (Lipinski definition) is 3. The molecule has 0 radical (unpaired) electrons. The van der Waals surface area contributed by atoms with Crippen molar-refractivity contribution in [2.45, 2.75) is 25.8 Å². The van der Waals surface area contributed by atoms with Gasteiger partial charge in [-0.3, -0.25) is 0 Å². The summed E-state index contributed by atoms with van der Waals surface area (Å²) in [6.45, 7) is 2.09. The van der Waals surface area contributed by atoms with Crippen LogP contribution in [0.2, 0.25) is 0 Å². The Morgan fingerprint density at radius 1 is 1.33 bits per heavy atom. The molecule has 0 saturated carbocycles. The predicted octanol–water partition coefficient (Wildman–Crippen LogP) is 1.75. The smallest absolute Gasteiger partial charge is 0.137 e. The van der Waals surface area contributed by atoms with E-state index < -0.39 is 0 Å². The summed E-state index contributed by atoms with van der Waals surface area (Å²) >= 11 is 0. The zero-order chi connectivity index (χ0) is 12.8. The molecule has 92 valence electrons. The van der Waals surface area contributed by atoms with Gasteiger partial charge in [0.05, 0.1) is 17.9 Å². The molecule has 1 aromatic carbocycles. The predicted molar refractivity (Wildman–Crippen MR) is 71.1 cm³/mol. The number of nitrogens with zero attached hydrogens (tertiary/aromatic N) is 3. The largest absolute Gasteiger partial charge is 0.318 e. The Kier molecular flexibility index (Phi) is 4.11. The van der Waals surface area contributed by atoms with Crippen LogP contribution in [0.5, 0.6) is 0 Å². The molecule has 1 aromatic heterocycles. The molecule has 4 nitrogen and oxygen atoms in total. The molecule has 2 rings (SSSR count). The third-order valence-corrected chi connectivity index (χ3v) is 2.54. The minimum atomic E-state index is -0.0888. The molecule has 1 unspecified atom stereocenters. The van der Waals surface area contributed by atoms with Gasteiger partial charge in [-0.2, -0.15) is 0 Å². The third kappa shape index (κ3) is 2.96. The molecular weight excluding hydrogens is 224 g/mol. The molecule has 1 atom stereocenters. The Morgan fingerprint density at radius 2 is 2.11 bits per heavy atom. The van der Waals surface area contributed by atoms with E-state index in [1.807, 2.05) is 30.3 Å². The lowest BCUT2D eigenvalue weighted by Crippen LogP contribution is -2.16. The number of benzene rings is 1. The van der Waals surface area contributed by atoms with E-state index in [0.717, 1.165) is 24.2 Å². The molecule has 0 amide bonds. The summed E-state index contributed by atoms with van der Waals surface area (Å²) in [4.78, 5) is 0. The lowest BCUT2D eigenvalue weighted by Gasteiger charge is -2.01. The summed E-state index contributed by atoms with van der Waals surface area (Å²) in [6.07, 6.45) is 3.59. The Labute approximate surface area is 107 Å². The van der Waals surface area contributed by atoms with Crippen molar-refractivity contribution in [1.82, 2.24) is 15.0 Å². The van der Waals surface area contributed by atoms with E-state index in [4.69, 9.17) is 5.73 Å². The van der Waals surface area contributed by atoms with E-state index in [9.17, 15) is 0 Å². The van der Waals surface area contributed by atoms with Gasteiger partial charge in [0.15, 0.2) is 0 Å². The highest BCUT2D eigenvalue weighted by Gasteiger charge is 2.03. The zero-order valence-corrected chi connectivity index (χ0v) is 10.4. The standard InChI is InChI=1S/C14H16N4/c1-2-6-12(15)9-10-14-11-16-17-18(14)13-7-4-3-5-8-13/h3-5,7-8,11-12H,2,6,15H2,1H3. The molecule has 0 bridgehead atoms. The van der Waals surface area contributed by atoms with Gasteiger partial charge in [0.25, 0.3) is 0 Å². The second-order valence-electron chi connectivity index (χ2n) is 4.03. The summed E-state index contributed by atoms with van der Waals surface area (Å²) in [5.41, 5.74) is 7.57. The van der Waals surface area contributed by atoms with E-state index in [2.05, 4.69) is 29.1 Å². The van der Waals surface area contributed by atoms with Gasteiger partial charge in [-0.25, -0.2) is 4.68 Å². The van der Waals surface area contributed by atoms with Crippen LogP contribution in [-0.2, 0) is 0 Å². The normalized spacial score (nSPS) is 11.7. The number of para-hydroxylation sites is 1. The van der Waals surface area contributed by atoms with Crippen LogP contribution < -0.4 is 5.73 Å². The molecule has 0 fully saturated rings. The molecule has 4 heteroatoms. The summed E-state index contributed by atoms with van der Waals surface area (Å²) < 4.78 is 1.71. The van der Waals surface area contributed by atoms with Crippen molar-refractivity contribution >= 4 is 0 Å². The summed E-state index contributed by atoms with van der Waals surface area (Å²) in [6, 6.07) is 9.71. The second-order valence-corrected chi connectivity index (χ2v) is 4.03. The van der Waals surface area contributed by atoms with E-state index in [0.29, 0.717) is 0 Å². The number of nitrogens with two attached hydrogens (primary N) is 1. The summed E-state index contributed by atoms with van der Waals surface area (Å²) in [5, 5.41) is 7.93. The van der Waals surface area contributed by atoms with Crippen molar-refractivity contribution in [3.8, 4) is 17.5 Å². The quantitative estimate of drug-likeness (QED) is 0.831. The zero-order valence-electron chi connectivity index (χ0n) is 10.4. The molecule has 0 aliphatic heterocycles. The minimum Gasteiger partial charge on any atom is -0.318 e. The first-order valence-electron chi connectivity index (χ1n) is 6.04. The highest BCUT2D eigenvalue weighted by molar-refractivity contribution is 5.37. The van der Waals surface area contributed by atoms with Crippen molar-refractivity contribution in [3.05, 3.63) is 42.2 Å². The van der Waals surface area contributed by atoms with Crippen LogP contribution in [0.15, 0.2) is 36.5 Å². The van der Waals surface area contributed by atoms with Gasteiger partial charge < -0.3 is 5.73 Å². The summed E-state index contributed by atoms with van der Waals surface area (Å²) in [7, 11) is 0. The average Bonchev–Trinajstić information content (AvgIpc) is 2.86. The van der Waals surface area contributed by atoms with Crippen LogP contribution in [-0.4, -0.2) is 21.0 Å². The average molecular weight is 240 g/mol. The van der Waals surface area contributed by atoms with Gasteiger partial charge in [-0.15, -0.1) is 5.10 Å². The van der Waals surface area contributed by atoms with E-state index in [1.54, 1.807) is 10.9 Å². The van der Waals surface area contributed by atoms with Gasteiger partial charge in [0, 0.05) is 0 Å². The van der Waals surface area contributed by atoms with Gasteiger partial charge in [-0.1, -0.05) is 42.7 Å². The first kappa shape index (κ1) is 12.3. The van der Waals surface area contributed by atoms with Crippen molar-refractivity contribution in [2.75, 3.05) is 0 Å². The third-order valence-electron chi connectivity index (χ3n) is 2.54. The van der Waals surface area contributed by atoms with E-state index >= 15 is 0 Å². The Morgan fingerprint density at radius 3 is 2.83 bits per heavy atom. The molecule has 2 N–H and O–H groups in total. The lowest BCUT2D eigenvalue weighted by atomic mass is 10.2. The van der Waals surface area contributed by atoms with Gasteiger partial charge in [0.1, 0.15) is 5.69 Å². The van der Waals surface area contributed by atoms with Crippen molar-refractivity contribution in [2.24, 2.45) is 5.73 Å².